The molecule has 1 amide bonds. The van der Waals surface area contributed by atoms with Crippen LogP contribution in [0.2, 0.25) is 0 Å². The number of aliphatic hydroxyl groups excluding tert-OH is 1. The lowest BCUT2D eigenvalue weighted by Gasteiger charge is -2.23. The van der Waals surface area contributed by atoms with Crippen LogP contribution in [-0.2, 0) is 6.61 Å². The fourth-order valence-corrected chi connectivity index (χ4v) is 1.52. The highest BCUT2D eigenvalue weighted by molar-refractivity contribution is 7.13. The fourth-order valence-electron chi connectivity index (χ4n) is 1.37. The number of hydrogen-bond donors (Lipinski definition) is 3. The molecule has 3 N–H and O–H groups in total. The average molecular weight is 273 g/mol. The molecule has 0 saturated heterocycles. The molecule has 1 rings (SSSR count). The fraction of sp³-hybridized carbons (Fsp3) is 0.636. The Morgan fingerprint density at radius 2 is 2.22 bits per heavy atom. The summed E-state index contributed by atoms with van der Waals surface area (Å²) in [7, 11) is 2.47. The zero-order chi connectivity index (χ0) is 13.8. The van der Waals surface area contributed by atoms with Crippen LogP contribution in [0.4, 0.5) is 0 Å². The van der Waals surface area contributed by atoms with Gasteiger partial charge in [0.15, 0.2) is 11.5 Å². The number of aromatic nitrogens is 1. The Labute approximate surface area is 109 Å². The summed E-state index contributed by atoms with van der Waals surface area (Å²) in [6, 6.07) is 0. The molecule has 6 nitrogen and oxygen atoms in total. The largest absolute Gasteiger partial charge is 0.388 e. The third-order valence-corrected chi connectivity index (χ3v) is 3.59. The van der Waals surface area contributed by atoms with Gasteiger partial charge in [-0.15, -0.1) is 0 Å². The molecule has 1 unspecified atom stereocenters. The normalized spacial score (nSPS) is 11.6. The minimum absolute atomic E-state index is 0.0624. The Balaban J connectivity index is 2.53. The van der Waals surface area contributed by atoms with Gasteiger partial charge in [0.05, 0.1) is 0 Å². The molecule has 7 heteroatoms. The summed E-state index contributed by atoms with van der Waals surface area (Å²) in [5.41, 5.74) is 0.752. The molecule has 18 heavy (non-hydrogen) atoms. The standard InChI is InChI=1S/C11H20N3O3P/c1-7-8(6-15)17-13-9(7)10(16)12-5-4-11(2,3)14-18/h14-15H,4-6,18H2,1-3H3,(H,12,16). The summed E-state index contributed by atoms with van der Waals surface area (Å²) in [4.78, 5) is 11.8. The van der Waals surface area contributed by atoms with E-state index in [1.54, 1.807) is 6.92 Å². The number of nitrogens with zero attached hydrogens (tertiary/aromatic N) is 1. The lowest BCUT2D eigenvalue weighted by molar-refractivity contribution is 0.0941. The first-order chi connectivity index (χ1) is 8.41. The van der Waals surface area contributed by atoms with E-state index in [4.69, 9.17) is 9.63 Å². The second-order valence-corrected chi connectivity index (χ2v) is 5.06. The van der Waals surface area contributed by atoms with Gasteiger partial charge in [0.1, 0.15) is 6.61 Å². The van der Waals surface area contributed by atoms with Gasteiger partial charge in [-0.2, -0.15) is 0 Å². The number of hydrogen-bond acceptors (Lipinski definition) is 5. The maximum absolute atomic E-state index is 11.8. The molecule has 1 aromatic heterocycles. The maximum atomic E-state index is 11.8. The molecule has 1 atom stereocenters. The van der Waals surface area contributed by atoms with Gasteiger partial charge in [-0.3, -0.25) is 9.88 Å². The van der Waals surface area contributed by atoms with Crippen molar-refractivity contribution in [3.05, 3.63) is 17.0 Å². The van der Waals surface area contributed by atoms with Gasteiger partial charge < -0.3 is 14.9 Å². The Morgan fingerprint density at radius 3 is 2.72 bits per heavy atom. The zero-order valence-corrected chi connectivity index (χ0v) is 12.1. The summed E-state index contributed by atoms with van der Waals surface area (Å²) < 4.78 is 4.86. The minimum atomic E-state index is -0.282. The molecule has 0 aromatic carbocycles. The molecule has 0 bridgehead atoms. The highest BCUT2D eigenvalue weighted by atomic mass is 31.0. The third kappa shape index (κ3) is 3.77. The SMILES string of the molecule is Cc1c(C(=O)NCCC(C)(C)NP)noc1CO. The lowest BCUT2D eigenvalue weighted by Crippen LogP contribution is -2.37. The first-order valence-corrected chi connectivity index (χ1v) is 6.31. The summed E-state index contributed by atoms with van der Waals surface area (Å²) in [5.74, 6) is 0.0441. The van der Waals surface area contributed by atoms with Crippen LogP contribution in [0.5, 0.6) is 0 Å². The van der Waals surface area contributed by atoms with Gasteiger partial charge in [-0.25, -0.2) is 0 Å². The topological polar surface area (TPSA) is 87.4 Å². The number of nitrogens with one attached hydrogen (secondary N) is 2. The molecular weight excluding hydrogens is 253 g/mol. The van der Waals surface area contributed by atoms with Crippen LogP contribution < -0.4 is 10.4 Å². The van der Waals surface area contributed by atoms with E-state index in [1.165, 1.54) is 0 Å². The second kappa shape index (κ2) is 6.27. The van der Waals surface area contributed by atoms with Crippen molar-refractivity contribution in [3.8, 4) is 0 Å². The number of carbonyl (C=O) groups excluding carboxylic acids is 1. The molecule has 0 saturated carbocycles. The van der Waals surface area contributed by atoms with Gasteiger partial charge in [-0.05, 0) is 27.2 Å². The number of amides is 1. The Morgan fingerprint density at radius 1 is 1.56 bits per heavy atom. The number of rotatable bonds is 6. The van der Waals surface area contributed by atoms with Crippen LogP contribution in [0.3, 0.4) is 0 Å². The molecule has 1 heterocycles. The highest BCUT2D eigenvalue weighted by Gasteiger charge is 2.19. The predicted molar refractivity (Wildman–Crippen MR) is 71.0 cm³/mol. The molecule has 0 radical (unpaired) electrons. The first kappa shape index (κ1) is 15.1. The highest BCUT2D eigenvalue weighted by Crippen LogP contribution is 2.13. The van der Waals surface area contributed by atoms with Gasteiger partial charge >= 0.3 is 0 Å². The molecular formula is C11H20N3O3P. The summed E-state index contributed by atoms with van der Waals surface area (Å²) in [6.07, 6.45) is 0.784. The number of aliphatic hydroxyl groups is 1. The van der Waals surface area contributed by atoms with Crippen LogP contribution in [0.1, 0.15) is 42.1 Å². The minimum Gasteiger partial charge on any atom is -0.388 e. The summed E-state index contributed by atoms with van der Waals surface area (Å²) >= 11 is 0. The van der Waals surface area contributed by atoms with E-state index in [1.807, 2.05) is 13.8 Å². The van der Waals surface area contributed by atoms with Gasteiger partial charge in [0.2, 0.25) is 0 Å². The Hall–Kier alpha value is -0.970. The van der Waals surface area contributed by atoms with Crippen molar-refractivity contribution >= 4 is 15.3 Å². The maximum Gasteiger partial charge on any atom is 0.273 e. The van der Waals surface area contributed by atoms with E-state index in [2.05, 4.69) is 25.0 Å². The van der Waals surface area contributed by atoms with Crippen molar-refractivity contribution in [2.75, 3.05) is 6.54 Å². The van der Waals surface area contributed by atoms with E-state index in [0.717, 1.165) is 6.42 Å². The molecule has 0 fully saturated rings. The van der Waals surface area contributed by atoms with E-state index >= 15 is 0 Å². The summed E-state index contributed by atoms with van der Waals surface area (Å²) in [6.45, 7) is 6.06. The van der Waals surface area contributed by atoms with Crippen molar-refractivity contribution in [3.63, 3.8) is 0 Å². The lowest BCUT2D eigenvalue weighted by atomic mass is 10.0. The van der Waals surface area contributed by atoms with Crippen molar-refractivity contribution in [1.29, 1.82) is 0 Å². The monoisotopic (exact) mass is 273 g/mol. The van der Waals surface area contributed by atoms with Crippen LogP contribution in [0, 0.1) is 6.92 Å². The van der Waals surface area contributed by atoms with E-state index in [-0.39, 0.29) is 23.7 Å². The average Bonchev–Trinajstić information content (AvgIpc) is 2.70. The Kier molecular flexibility index (Phi) is 5.26. The molecule has 0 aliphatic carbocycles. The van der Waals surface area contributed by atoms with Gasteiger partial charge in [-0.1, -0.05) is 14.5 Å². The Bertz CT molecular complexity index is 418. The quantitative estimate of drug-likeness (QED) is 0.666. The van der Waals surface area contributed by atoms with E-state index in [0.29, 0.717) is 17.9 Å². The van der Waals surface area contributed by atoms with E-state index in [9.17, 15) is 4.79 Å². The van der Waals surface area contributed by atoms with E-state index < -0.39 is 0 Å². The molecule has 0 aliphatic rings. The van der Waals surface area contributed by atoms with Crippen molar-refractivity contribution in [2.24, 2.45) is 0 Å². The van der Waals surface area contributed by atoms with Crippen molar-refractivity contribution < 1.29 is 14.4 Å². The van der Waals surface area contributed by atoms with Gasteiger partial charge in [0.25, 0.3) is 5.91 Å². The van der Waals surface area contributed by atoms with Crippen LogP contribution in [0.15, 0.2) is 4.52 Å². The van der Waals surface area contributed by atoms with Crippen molar-refractivity contribution in [1.82, 2.24) is 15.6 Å². The van der Waals surface area contributed by atoms with Crippen LogP contribution in [-0.4, -0.2) is 28.3 Å². The first-order valence-electron chi connectivity index (χ1n) is 5.73. The number of carbonyl (C=O) groups is 1. The summed E-state index contributed by atoms with van der Waals surface area (Å²) in [5, 5.41) is 18.5. The second-order valence-electron chi connectivity index (χ2n) is 4.77. The van der Waals surface area contributed by atoms with Crippen LogP contribution in [0.25, 0.3) is 0 Å². The van der Waals surface area contributed by atoms with Gasteiger partial charge in [0, 0.05) is 17.6 Å². The van der Waals surface area contributed by atoms with Crippen LogP contribution >= 0.6 is 9.39 Å². The molecule has 0 aliphatic heterocycles. The third-order valence-electron chi connectivity index (χ3n) is 2.81. The zero-order valence-electron chi connectivity index (χ0n) is 10.9. The molecule has 0 spiro atoms. The van der Waals surface area contributed by atoms with Crippen molar-refractivity contribution in [2.45, 2.75) is 39.3 Å². The molecule has 102 valence electrons. The molecule has 1 aromatic rings. The predicted octanol–water partition coefficient (Wildman–Crippen LogP) is 0.754. The smallest absolute Gasteiger partial charge is 0.273 e.